The summed E-state index contributed by atoms with van der Waals surface area (Å²) in [5, 5.41) is 0. The monoisotopic (exact) mass is 463 g/mol. The van der Waals surface area contributed by atoms with Crippen molar-refractivity contribution in [2.45, 2.75) is 83.3 Å². The molecule has 6 rings (SSSR count). The van der Waals surface area contributed by atoms with Crippen molar-refractivity contribution >= 4 is 10.4 Å². The number of aromatic amines is 1. The van der Waals surface area contributed by atoms with Crippen LogP contribution in [-0.2, 0) is 19.3 Å². The second-order valence-corrected chi connectivity index (χ2v) is 12.4. The molecule has 1 aliphatic heterocycles. The van der Waals surface area contributed by atoms with Gasteiger partial charge in [-0.05, 0) is 86.9 Å². The van der Waals surface area contributed by atoms with E-state index in [4.69, 9.17) is 8.92 Å². The molecule has 8 atom stereocenters. The van der Waals surface area contributed by atoms with E-state index in [-0.39, 0.29) is 11.0 Å². The summed E-state index contributed by atoms with van der Waals surface area (Å²) in [5.74, 6) is 2.80. The Labute approximate surface area is 192 Å². The van der Waals surface area contributed by atoms with Crippen LogP contribution in [0.15, 0.2) is 30.6 Å². The standard InChI is InChI=1S/C20H32O5S.C5H5N/c1-18-8-5-14(25-26(21,22)23)11-13(18)3-4-15-16(18)6-9-19(2)17(15)7-10-20(19)12-24-20;1-2-4-6-5-3-1/h13-17H,3-12H2,1-2H3,(H,21,22,23);1-5H/t13-,14-,15-,16+,17+,18+,19+,20-;/m1./s1. The van der Waals surface area contributed by atoms with Gasteiger partial charge in [0.15, 0.2) is 12.4 Å². The van der Waals surface area contributed by atoms with Gasteiger partial charge in [-0.25, -0.2) is 13.4 Å². The second-order valence-electron chi connectivity index (χ2n) is 11.4. The van der Waals surface area contributed by atoms with Crippen LogP contribution in [0.4, 0.5) is 0 Å². The quantitative estimate of drug-likeness (QED) is 0.373. The average Bonchev–Trinajstić information content (AvgIpc) is 3.49. The third-order valence-electron chi connectivity index (χ3n) is 10.3. The van der Waals surface area contributed by atoms with Crippen molar-refractivity contribution < 1.29 is 26.9 Å². The Balaban J connectivity index is 0.000000314. The van der Waals surface area contributed by atoms with Gasteiger partial charge in [-0.3, -0.25) is 4.18 Å². The second kappa shape index (κ2) is 8.03. The number of rotatable bonds is 2. The molecular formula is C25H37NO5S. The van der Waals surface area contributed by atoms with Gasteiger partial charge in [-0.1, -0.05) is 19.9 Å². The summed E-state index contributed by atoms with van der Waals surface area (Å²) >= 11 is 0. The fourth-order valence-corrected chi connectivity index (χ4v) is 8.98. The van der Waals surface area contributed by atoms with Crippen LogP contribution in [0.5, 0.6) is 0 Å². The Morgan fingerprint density at radius 2 is 1.69 bits per heavy atom. The van der Waals surface area contributed by atoms with Gasteiger partial charge in [0, 0.05) is 17.5 Å². The first-order valence-corrected chi connectivity index (χ1v) is 13.7. The topological polar surface area (TPSA) is 93.1 Å². The normalized spacial score (nSPS) is 46.9. The number of nitrogens with one attached hydrogen (secondary N) is 1. The zero-order chi connectivity index (χ0) is 22.6. The van der Waals surface area contributed by atoms with Crippen LogP contribution in [0.25, 0.3) is 0 Å². The largest absolute Gasteiger partial charge is 0.726 e. The van der Waals surface area contributed by atoms with E-state index >= 15 is 0 Å². The molecular weight excluding hydrogens is 426 g/mol. The number of hydrogen-bond acceptors (Lipinski definition) is 5. The van der Waals surface area contributed by atoms with Crippen LogP contribution < -0.4 is 4.98 Å². The Morgan fingerprint density at radius 3 is 2.28 bits per heavy atom. The molecule has 4 aliphatic carbocycles. The number of fused-ring (bicyclic) bond motifs is 6. The minimum Gasteiger partial charge on any atom is -0.726 e. The van der Waals surface area contributed by atoms with Gasteiger partial charge >= 0.3 is 0 Å². The molecule has 0 unspecified atom stereocenters. The molecule has 1 spiro atoms. The van der Waals surface area contributed by atoms with Crippen molar-refractivity contribution in [1.29, 1.82) is 0 Å². The van der Waals surface area contributed by atoms with Crippen molar-refractivity contribution in [2.24, 2.45) is 34.5 Å². The highest BCUT2D eigenvalue weighted by molar-refractivity contribution is 7.80. The Bertz CT molecular complexity index is 893. The smallest absolute Gasteiger partial charge is 0.217 e. The first-order chi connectivity index (χ1) is 15.2. The minimum absolute atomic E-state index is 0.203. The lowest BCUT2D eigenvalue weighted by molar-refractivity contribution is -0.377. The first kappa shape index (κ1) is 22.8. The highest BCUT2D eigenvalue weighted by Crippen LogP contribution is 2.71. The molecule has 0 bridgehead atoms. The van der Waals surface area contributed by atoms with E-state index in [1.807, 2.05) is 30.6 Å². The molecule has 6 nitrogen and oxygen atoms in total. The number of ether oxygens (including phenoxy) is 1. The van der Waals surface area contributed by atoms with Gasteiger partial charge in [-0.2, -0.15) is 0 Å². The number of epoxide rings is 1. The molecule has 4 saturated carbocycles. The maximum atomic E-state index is 11.0. The summed E-state index contributed by atoms with van der Waals surface area (Å²) in [5.41, 5.74) is 0.847. The van der Waals surface area contributed by atoms with E-state index in [2.05, 4.69) is 18.8 Å². The molecule has 0 radical (unpaired) electrons. The van der Waals surface area contributed by atoms with Crippen molar-refractivity contribution in [3.05, 3.63) is 30.6 Å². The maximum absolute atomic E-state index is 11.0. The van der Waals surface area contributed by atoms with Crippen LogP contribution in [0.1, 0.15) is 71.6 Å². The van der Waals surface area contributed by atoms with Crippen LogP contribution in [-0.4, -0.2) is 31.3 Å². The molecule has 1 N–H and O–H groups in total. The molecule has 7 heteroatoms. The van der Waals surface area contributed by atoms with Crippen molar-refractivity contribution in [3.8, 4) is 0 Å². The molecule has 1 saturated heterocycles. The van der Waals surface area contributed by atoms with Crippen molar-refractivity contribution in [3.63, 3.8) is 0 Å². The summed E-state index contributed by atoms with van der Waals surface area (Å²) in [7, 11) is -4.59. The third kappa shape index (κ3) is 3.83. The fraction of sp³-hybridized carbons (Fsp3) is 0.800. The number of pyridine rings is 1. The van der Waals surface area contributed by atoms with E-state index in [0.717, 1.165) is 43.6 Å². The lowest BCUT2D eigenvalue weighted by Crippen LogP contribution is -2.55. The van der Waals surface area contributed by atoms with Gasteiger partial charge < -0.3 is 9.29 Å². The first-order valence-electron chi connectivity index (χ1n) is 12.4. The molecule has 178 valence electrons. The predicted molar refractivity (Wildman–Crippen MR) is 118 cm³/mol. The summed E-state index contributed by atoms with van der Waals surface area (Å²) in [6, 6.07) is 5.86. The Hall–Kier alpha value is -1.02. The van der Waals surface area contributed by atoms with E-state index in [1.165, 1.54) is 32.1 Å². The number of aromatic nitrogens is 1. The fourth-order valence-electron chi connectivity index (χ4n) is 8.47. The molecule has 32 heavy (non-hydrogen) atoms. The van der Waals surface area contributed by atoms with Crippen molar-refractivity contribution in [1.82, 2.24) is 0 Å². The highest BCUT2D eigenvalue weighted by Gasteiger charge is 2.70. The third-order valence-corrected chi connectivity index (χ3v) is 10.8. The maximum Gasteiger partial charge on any atom is 0.217 e. The van der Waals surface area contributed by atoms with Gasteiger partial charge in [0.1, 0.15) is 0 Å². The van der Waals surface area contributed by atoms with Crippen LogP contribution in [0, 0.1) is 34.5 Å². The Morgan fingerprint density at radius 1 is 0.969 bits per heavy atom. The van der Waals surface area contributed by atoms with Gasteiger partial charge in [0.2, 0.25) is 10.4 Å². The lowest BCUT2D eigenvalue weighted by Gasteiger charge is -2.60. The average molecular weight is 464 g/mol. The van der Waals surface area contributed by atoms with Crippen LogP contribution in [0.2, 0.25) is 0 Å². The minimum atomic E-state index is -4.59. The van der Waals surface area contributed by atoms with E-state index in [9.17, 15) is 13.0 Å². The molecule has 1 aromatic heterocycles. The lowest BCUT2D eigenvalue weighted by atomic mass is 9.44. The summed E-state index contributed by atoms with van der Waals surface area (Å²) in [4.78, 5) is 2.89. The molecule has 0 amide bonds. The molecule has 0 aromatic carbocycles. The zero-order valence-electron chi connectivity index (χ0n) is 19.3. The number of H-pyrrole nitrogens is 1. The predicted octanol–water partition coefficient (Wildman–Crippen LogP) is 4.14. The van der Waals surface area contributed by atoms with Crippen molar-refractivity contribution in [2.75, 3.05) is 6.61 Å². The molecule has 5 fully saturated rings. The summed E-state index contributed by atoms with van der Waals surface area (Å²) in [6.45, 7) is 5.91. The van der Waals surface area contributed by atoms with E-state index < -0.39 is 16.5 Å². The Kier molecular flexibility index (Phi) is 5.71. The molecule has 1 aromatic rings. The van der Waals surface area contributed by atoms with E-state index in [0.29, 0.717) is 17.8 Å². The molecule has 5 aliphatic rings. The molecule has 2 heterocycles. The van der Waals surface area contributed by atoms with Gasteiger partial charge in [0.25, 0.3) is 0 Å². The summed E-state index contributed by atoms with van der Waals surface area (Å²) < 4.78 is 43.8. The SMILES string of the molecule is C[C@]12CC[C@@H](OS(=O)(=O)[O-])C[C@H]1CC[C@@H]1[C@@H]2CC[C@@]2(C)[C@H]1CC[C@@]21CO1.c1cc[nH+]cc1. The van der Waals surface area contributed by atoms with Crippen LogP contribution in [0.3, 0.4) is 0 Å². The van der Waals surface area contributed by atoms with Gasteiger partial charge in [0.05, 0.1) is 18.3 Å². The van der Waals surface area contributed by atoms with E-state index in [1.54, 1.807) is 0 Å². The summed E-state index contributed by atoms with van der Waals surface area (Å²) in [6.07, 6.45) is 13.3. The van der Waals surface area contributed by atoms with Crippen LogP contribution >= 0.6 is 0 Å². The van der Waals surface area contributed by atoms with Gasteiger partial charge in [-0.15, -0.1) is 0 Å². The zero-order valence-corrected chi connectivity index (χ0v) is 20.1. The highest BCUT2D eigenvalue weighted by atomic mass is 32.3. The number of hydrogen-bond donors (Lipinski definition) is 0.